The third-order valence-electron chi connectivity index (χ3n) is 5.17. The number of methoxy groups -OCH3 is 1. The van der Waals surface area contributed by atoms with Gasteiger partial charge in [-0.2, -0.15) is 0 Å². The Labute approximate surface area is 207 Å². The maximum Gasteiger partial charge on any atom is 0.338 e. The fraction of sp³-hybridized carbons (Fsp3) is 0.192. The number of benzene rings is 3. The first-order valence-electron chi connectivity index (χ1n) is 10.9. The van der Waals surface area contributed by atoms with Crippen LogP contribution in [0.2, 0.25) is 0 Å². The molecule has 0 bridgehead atoms. The van der Waals surface area contributed by atoms with Gasteiger partial charge in [0.1, 0.15) is 11.5 Å². The standard InChI is InChI=1S/C26H24N2O6S/c1-32-21-6-4-5-19(15-21)27-24(29)16-33-20-11-9-18(10-12-20)26(31)34-17-25(30)28-13-14-35-23-8-3-2-7-22(23)28/h2-12,15H,13-14,16-17H2,1H3,(H,27,29). The smallest absolute Gasteiger partial charge is 0.338 e. The van der Waals surface area contributed by atoms with Gasteiger partial charge in [-0.3, -0.25) is 9.59 Å². The number of nitrogens with one attached hydrogen (secondary N) is 1. The van der Waals surface area contributed by atoms with Gasteiger partial charge in [0.2, 0.25) is 0 Å². The summed E-state index contributed by atoms with van der Waals surface area (Å²) in [6.07, 6.45) is 0. The number of ether oxygens (including phenoxy) is 3. The highest BCUT2D eigenvalue weighted by Crippen LogP contribution is 2.34. The van der Waals surface area contributed by atoms with Crippen molar-refractivity contribution in [1.29, 1.82) is 0 Å². The normalized spacial score (nSPS) is 12.3. The number of amides is 2. The molecule has 0 radical (unpaired) electrons. The van der Waals surface area contributed by atoms with Gasteiger partial charge in [-0.15, -0.1) is 11.8 Å². The first-order chi connectivity index (χ1) is 17.0. The predicted molar refractivity (Wildman–Crippen MR) is 133 cm³/mol. The van der Waals surface area contributed by atoms with Crippen LogP contribution < -0.4 is 19.7 Å². The number of fused-ring (bicyclic) bond motifs is 1. The molecule has 0 saturated heterocycles. The molecule has 1 aliphatic heterocycles. The van der Waals surface area contributed by atoms with E-state index in [4.69, 9.17) is 14.2 Å². The zero-order valence-corrected chi connectivity index (χ0v) is 19.9. The number of thioether (sulfide) groups is 1. The molecule has 0 spiro atoms. The number of para-hydroxylation sites is 1. The molecular formula is C26H24N2O6S. The van der Waals surface area contributed by atoms with E-state index in [1.807, 2.05) is 24.3 Å². The molecule has 1 heterocycles. The average molecular weight is 493 g/mol. The molecule has 9 heteroatoms. The minimum atomic E-state index is -0.611. The number of anilines is 2. The molecule has 3 aromatic carbocycles. The quantitative estimate of drug-likeness (QED) is 0.475. The van der Waals surface area contributed by atoms with E-state index >= 15 is 0 Å². The van der Waals surface area contributed by atoms with E-state index in [9.17, 15) is 14.4 Å². The number of rotatable bonds is 8. The van der Waals surface area contributed by atoms with Crippen LogP contribution >= 0.6 is 11.8 Å². The van der Waals surface area contributed by atoms with Crippen LogP contribution in [0.3, 0.4) is 0 Å². The molecule has 0 fully saturated rings. The number of esters is 1. The molecule has 2 amide bonds. The molecule has 8 nitrogen and oxygen atoms in total. The summed E-state index contributed by atoms with van der Waals surface area (Å²) in [5, 5.41) is 2.72. The van der Waals surface area contributed by atoms with Crippen LogP contribution in [0.5, 0.6) is 11.5 Å². The summed E-state index contributed by atoms with van der Waals surface area (Å²) in [7, 11) is 1.55. The molecule has 0 atom stereocenters. The maximum atomic E-state index is 12.6. The minimum Gasteiger partial charge on any atom is -0.497 e. The van der Waals surface area contributed by atoms with Gasteiger partial charge in [0.25, 0.3) is 11.8 Å². The Bertz CT molecular complexity index is 1210. The molecule has 35 heavy (non-hydrogen) atoms. The molecule has 0 aromatic heterocycles. The number of carbonyl (C=O) groups is 3. The third kappa shape index (κ3) is 6.33. The lowest BCUT2D eigenvalue weighted by atomic mass is 10.2. The van der Waals surface area contributed by atoms with Crippen molar-refractivity contribution in [2.75, 3.05) is 42.8 Å². The van der Waals surface area contributed by atoms with Crippen LogP contribution in [0.25, 0.3) is 0 Å². The van der Waals surface area contributed by atoms with Crippen LogP contribution in [0.15, 0.2) is 77.7 Å². The van der Waals surface area contributed by atoms with Gasteiger partial charge in [-0.25, -0.2) is 4.79 Å². The SMILES string of the molecule is COc1cccc(NC(=O)COc2ccc(C(=O)OCC(=O)N3CCSc4ccccc43)cc2)c1. The summed E-state index contributed by atoms with van der Waals surface area (Å²) < 4.78 is 15.8. The second-order valence-electron chi connectivity index (χ2n) is 7.53. The molecule has 4 rings (SSSR count). The van der Waals surface area contributed by atoms with Crippen molar-refractivity contribution in [3.05, 3.63) is 78.4 Å². The van der Waals surface area contributed by atoms with E-state index < -0.39 is 5.97 Å². The molecule has 0 unspecified atom stereocenters. The lowest BCUT2D eigenvalue weighted by Gasteiger charge is -2.28. The number of carbonyl (C=O) groups excluding carboxylic acids is 3. The molecule has 1 N–H and O–H groups in total. The van der Waals surface area contributed by atoms with Crippen molar-refractivity contribution in [3.63, 3.8) is 0 Å². The number of nitrogens with zero attached hydrogens (tertiary/aromatic N) is 1. The van der Waals surface area contributed by atoms with Gasteiger partial charge < -0.3 is 24.4 Å². The van der Waals surface area contributed by atoms with Crippen LogP contribution in [-0.4, -0.2) is 50.4 Å². The van der Waals surface area contributed by atoms with E-state index in [0.29, 0.717) is 23.7 Å². The Morgan fingerprint density at radius 3 is 2.54 bits per heavy atom. The lowest BCUT2D eigenvalue weighted by molar-refractivity contribution is -0.121. The summed E-state index contributed by atoms with van der Waals surface area (Å²) in [6.45, 7) is 0.0150. The van der Waals surface area contributed by atoms with E-state index in [-0.39, 0.29) is 30.6 Å². The Morgan fingerprint density at radius 2 is 1.74 bits per heavy atom. The average Bonchev–Trinajstić information content (AvgIpc) is 2.90. The van der Waals surface area contributed by atoms with Crippen molar-refractivity contribution in [3.8, 4) is 11.5 Å². The van der Waals surface area contributed by atoms with Crippen molar-refractivity contribution < 1.29 is 28.6 Å². The maximum absolute atomic E-state index is 12.6. The van der Waals surface area contributed by atoms with Crippen molar-refractivity contribution >= 4 is 40.9 Å². The summed E-state index contributed by atoms with van der Waals surface area (Å²) in [5.74, 6) is 0.621. The molecule has 1 aliphatic rings. The highest BCUT2D eigenvalue weighted by molar-refractivity contribution is 7.99. The molecular weight excluding hydrogens is 468 g/mol. The largest absolute Gasteiger partial charge is 0.497 e. The van der Waals surface area contributed by atoms with Crippen LogP contribution in [0, 0.1) is 0 Å². The van der Waals surface area contributed by atoms with Crippen LogP contribution in [0.1, 0.15) is 10.4 Å². The van der Waals surface area contributed by atoms with E-state index in [1.54, 1.807) is 60.2 Å². The van der Waals surface area contributed by atoms with Crippen LogP contribution in [0.4, 0.5) is 11.4 Å². The first kappa shape index (κ1) is 24.2. The molecule has 0 aliphatic carbocycles. The third-order valence-corrected chi connectivity index (χ3v) is 6.21. The lowest BCUT2D eigenvalue weighted by Crippen LogP contribution is -2.38. The van der Waals surface area contributed by atoms with E-state index in [0.717, 1.165) is 16.3 Å². The monoisotopic (exact) mass is 492 g/mol. The van der Waals surface area contributed by atoms with Crippen LogP contribution in [-0.2, 0) is 14.3 Å². The van der Waals surface area contributed by atoms with E-state index in [2.05, 4.69) is 5.32 Å². The fourth-order valence-electron chi connectivity index (χ4n) is 3.45. The van der Waals surface area contributed by atoms with Gasteiger partial charge in [0.05, 0.1) is 18.4 Å². The number of hydrogen-bond acceptors (Lipinski definition) is 7. The Hall–Kier alpha value is -3.98. The zero-order chi connectivity index (χ0) is 24.6. The Balaban J connectivity index is 1.25. The highest BCUT2D eigenvalue weighted by Gasteiger charge is 2.23. The fourth-order valence-corrected chi connectivity index (χ4v) is 4.45. The second kappa shape index (κ2) is 11.4. The molecule has 180 valence electrons. The summed E-state index contributed by atoms with van der Waals surface area (Å²) in [5.41, 5.74) is 1.71. The Kier molecular flexibility index (Phi) is 7.89. The summed E-state index contributed by atoms with van der Waals surface area (Å²) in [6, 6.07) is 20.8. The van der Waals surface area contributed by atoms with Gasteiger partial charge in [0.15, 0.2) is 13.2 Å². The summed E-state index contributed by atoms with van der Waals surface area (Å²) in [4.78, 5) is 39.8. The Morgan fingerprint density at radius 1 is 0.943 bits per heavy atom. The zero-order valence-electron chi connectivity index (χ0n) is 19.1. The van der Waals surface area contributed by atoms with E-state index in [1.165, 1.54) is 12.1 Å². The molecule has 0 saturated carbocycles. The van der Waals surface area contributed by atoms with Crippen molar-refractivity contribution in [1.82, 2.24) is 0 Å². The summed E-state index contributed by atoms with van der Waals surface area (Å²) >= 11 is 1.70. The first-order valence-corrected chi connectivity index (χ1v) is 11.9. The predicted octanol–water partition coefficient (Wildman–Crippen LogP) is 4.01. The number of hydrogen-bond donors (Lipinski definition) is 1. The minimum absolute atomic E-state index is 0.203. The van der Waals surface area contributed by atoms with Gasteiger partial charge in [0, 0.05) is 28.9 Å². The molecule has 3 aromatic rings. The van der Waals surface area contributed by atoms with Gasteiger partial charge >= 0.3 is 5.97 Å². The second-order valence-corrected chi connectivity index (χ2v) is 8.67. The van der Waals surface area contributed by atoms with Gasteiger partial charge in [-0.1, -0.05) is 18.2 Å². The van der Waals surface area contributed by atoms with Crippen molar-refractivity contribution in [2.45, 2.75) is 4.90 Å². The highest BCUT2D eigenvalue weighted by atomic mass is 32.2. The van der Waals surface area contributed by atoms with Crippen molar-refractivity contribution in [2.24, 2.45) is 0 Å². The topological polar surface area (TPSA) is 94.2 Å². The van der Waals surface area contributed by atoms with Gasteiger partial charge in [-0.05, 0) is 48.5 Å².